The van der Waals surface area contributed by atoms with Gasteiger partial charge in [0.15, 0.2) is 0 Å². The van der Waals surface area contributed by atoms with Crippen LogP contribution in [0.2, 0.25) is 0 Å². The maximum Gasteiger partial charge on any atom is 0.472 e. The molecule has 0 aliphatic heterocycles. The fourth-order valence-corrected chi connectivity index (χ4v) is 6.25. The lowest BCUT2D eigenvalue weighted by Crippen LogP contribution is -2.46. The lowest BCUT2D eigenvalue weighted by Gasteiger charge is -2.24. The molecule has 0 aromatic carbocycles. The van der Waals surface area contributed by atoms with Crippen LogP contribution < -0.4 is 11.1 Å². The molecule has 1 amide bonds. The van der Waals surface area contributed by atoms with E-state index in [4.69, 9.17) is 14.8 Å². The second kappa shape index (κ2) is 35.1. The molecule has 10 heteroatoms. The largest absolute Gasteiger partial charge is 0.472 e. The van der Waals surface area contributed by atoms with Crippen LogP contribution in [-0.2, 0) is 18.4 Å². The van der Waals surface area contributed by atoms with Gasteiger partial charge in [0.1, 0.15) is 0 Å². The summed E-state index contributed by atoms with van der Waals surface area (Å²) >= 11 is 0. The molecule has 0 aliphatic carbocycles. The van der Waals surface area contributed by atoms with Gasteiger partial charge in [0.2, 0.25) is 5.91 Å². The topological polar surface area (TPSA) is 151 Å². The molecule has 4 atom stereocenters. The number of unbranched alkanes of at least 4 members (excludes halogenated alkanes) is 18. The molecule has 0 spiro atoms. The molecule has 0 bridgehead atoms. The minimum absolute atomic E-state index is 0.0426. The predicted molar refractivity (Wildman–Crippen MR) is 204 cm³/mol. The van der Waals surface area contributed by atoms with E-state index in [2.05, 4.69) is 43.5 Å². The first kappa shape index (κ1) is 47.7. The van der Waals surface area contributed by atoms with Gasteiger partial charge in [-0.15, -0.1) is 0 Å². The van der Waals surface area contributed by atoms with Gasteiger partial charge in [-0.3, -0.25) is 13.8 Å². The van der Waals surface area contributed by atoms with Crippen LogP contribution in [0.5, 0.6) is 0 Å². The predicted octanol–water partition coefficient (Wildman–Crippen LogP) is 9.36. The number of rotatable bonds is 36. The molecule has 9 nitrogen and oxygen atoms in total. The summed E-state index contributed by atoms with van der Waals surface area (Å²) in [7, 11) is -4.39. The summed E-state index contributed by atoms with van der Waals surface area (Å²) in [6.45, 7) is 3.81. The fraction of sp³-hybridized carbons (Fsp3) is 0.821. The number of hydrogen-bond donors (Lipinski definition) is 5. The van der Waals surface area contributed by atoms with Crippen LogP contribution in [0, 0.1) is 0 Å². The quantitative estimate of drug-likeness (QED) is 0.0245. The van der Waals surface area contributed by atoms with E-state index in [1.54, 1.807) is 6.08 Å². The Morgan fingerprint density at radius 1 is 0.694 bits per heavy atom. The normalized spacial score (nSPS) is 15.3. The third-order valence-electron chi connectivity index (χ3n) is 8.47. The summed E-state index contributed by atoms with van der Waals surface area (Å²) in [5, 5.41) is 23.8. The number of amides is 1. The first-order chi connectivity index (χ1) is 23.8. The molecule has 0 aromatic rings. The number of phosphoric acid groups is 1. The van der Waals surface area contributed by atoms with Crippen molar-refractivity contribution < 1.29 is 33.5 Å². The van der Waals surface area contributed by atoms with Gasteiger partial charge < -0.3 is 26.2 Å². The number of phosphoric ester groups is 1. The van der Waals surface area contributed by atoms with E-state index < -0.39 is 38.6 Å². The van der Waals surface area contributed by atoms with Gasteiger partial charge in [0.25, 0.3) is 0 Å². The Kier molecular flexibility index (Phi) is 34.2. The third-order valence-corrected chi connectivity index (χ3v) is 9.46. The van der Waals surface area contributed by atoms with E-state index in [0.29, 0.717) is 12.8 Å². The highest BCUT2D eigenvalue weighted by molar-refractivity contribution is 7.47. The summed E-state index contributed by atoms with van der Waals surface area (Å²) in [6.07, 6.45) is 37.0. The average Bonchev–Trinajstić information content (AvgIpc) is 3.07. The lowest BCUT2D eigenvalue weighted by atomic mass is 10.0. The molecule has 0 fully saturated rings. The van der Waals surface area contributed by atoms with Gasteiger partial charge in [-0.25, -0.2) is 4.57 Å². The summed E-state index contributed by atoms with van der Waals surface area (Å²) in [4.78, 5) is 22.5. The Labute approximate surface area is 300 Å². The van der Waals surface area contributed by atoms with Crippen molar-refractivity contribution in [2.75, 3.05) is 19.8 Å². The van der Waals surface area contributed by atoms with Crippen LogP contribution in [0.15, 0.2) is 36.5 Å². The van der Waals surface area contributed by atoms with Gasteiger partial charge in [-0.05, 0) is 51.4 Å². The molecular weight excluding hydrogens is 639 g/mol. The molecule has 288 valence electrons. The van der Waals surface area contributed by atoms with Crippen molar-refractivity contribution in [1.82, 2.24) is 5.32 Å². The Bertz CT molecular complexity index is 883. The number of carbonyl (C=O) groups excluding carboxylic acids is 1. The summed E-state index contributed by atoms with van der Waals surface area (Å²) in [5.74, 6) is -0.466. The minimum atomic E-state index is -4.39. The van der Waals surface area contributed by atoms with Crippen molar-refractivity contribution in [3.8, 4) is 0 Å². The molecule has 0 saturated heterocycles. The van der Waals surface area contributed by atoms with Gasteiger partial charge in [0, 0.05) is 6.54 Å². The van der Waals surface area contributed by atoms with Crippen molar-refractivity contribution >= 4 is 13.7 Å². The molecule has 0 radical (unpaired) electrons. The zero-order valence-electron chi connectivity index (χ0n) is 31.3. The zero-order valence-corrected chi connectivity index (χ0v) is 32.2. The molecule has 4 unspecified atom stereocenters. The van der Waals surface area contributed by atoms with Crippen molar-refractivity contribution in [1.29, 1.82) is 0 Å². The highest BCUT2D eigenvalue weighted by Crippen LogP contribution is 2.43. The second-order valence-electron chi connectivity index (χ2n) is 13.3. The van der Waals surface area contributed by atoms with Crippen LogP contribution in [0.1, 0.15) is 168 Å². The van der Waals surface area contributed by atoms with Crippen molar-refractivity contribution in [2.45, 2.75) is 186 Å². The minimum Gasteiger partial charge on any atom is -0.393 e. The van der Waals surface area contributed by atoms with E-state index in [9.17, 15) is 24.5 Å². The number of aliphatic hydroxyl groups is 2. The highest BCUT2D eigenvalue weighted by atomic mass is 31.2. The lowest BCUT2D eigenvalue weighted by molar-refractivity contribution is -0.124. The maximum absolute atomic E-state index is 12.7. The molecule has 0 heterocycles. The number of aliphatic hydroxyl groups excluding tert-OH is 2. The van der Waals surface area contributed by atoms with Gasteiger partial charge >= 0.3 is 7.82 Å². The van der Waals surface area contributed by atoms with Crippen molar-refractivity contribution in [3.05, 3.63) is 36.5 Å². The number of carbonyl (C=O) groups is 1. The molecule has 0 aromatic heterocycles. The number of nitrogens with two attached hydrogens (primary N) is 1. The number of nitrogens with one attached hydrogen (secondary N) is 1. The number of hydrogen-bond acceptors (Lipinski definition) is 7. The summed E-state index contributed by atoms with van der Waals surface area (Å²) in [5.41, 5.74) is 5.32. The van der Waals surface area contributed by atoms with Crippen molar-refractivity contribution in [3.63, 3.8) is 0 Å². The molecular formula is C39H75N2O7P. The first-order valence-corrected chi connectivity index (χ1v) is 21.2. The van der Waals surface area contributed by atoms with Crippen LogP contribution in [0.4, 0.5) is 0 Å². The van der Waals surface area contributed by atoms with E-state index in [1.165, 1.54) is 89.5 Å². The standard InChI is InChI=1S/C39H75N2O7P/c1-3-5-7-9-11-12-13-14-15-16-17-18-19-20-21-22-23-25-26-28-30-36(42)34-39(44)41-37(35-48-49(45,46)47-33-32-40)38(43)31-29-27-24-10-8-6-4-2/h8,10,19-20,29,31,36-38,42-43H,3-7,9,11-18,21-28,30,32-35,40H2,1-2H3,(H,41,44)(H,45,46)/b10-8+,20-19-,31-29+. The van der Waals surface area contributed by atoms with Gasteiger partial charge in [-0.2, -0.15) is 0 Å². The van der Waals surface area contributed by atoms with Crippen LogP contribution in [-0.4, -0.2) is 59.0 Å². The average molecular weight is 715 g/mol. The van der Waals surface area contributed by atoms with Gasteiger partial charge in [0.05, 0.1) is 37.9 Å². The Morgan fingerprint density at radius 2 is 1.20 bits per heavy atom. The smallest absolute Gasteiger partial charge is 0.393 e. The van der Waals surface area contributed by atoms with Crippen LogP contribution >= 0.6 is 7.82 Å². The van der Waals surface area contributed by atoms with Crippen molar-refractivity contribution in [2.24, 2.45) is 5.73 Å². The van der Waals surface area contributed by atoms with Crippen LogP contribution in [0.25, 0.3) is 0 Å². The van der Waals surface area contributed by atoms with Gasteiger partial charge in [-0.1, -0.05) is 147 Å². The molecule has 0 rings (SSSR count). The molecule has 0 aliphatic rings. The SMILES string of the molecule is CCC/C=C/CC/C=C/C(O)C(COP(=O)(O)OCCN)NC(=O)CC(O)CCCCCCC/C=C\CCCCCCCCCCCCC. The molecule has 49 heavy (non-hydrogen) atoms. The Balaban J connectivity index is 4.18. The van der Waals surface area contributed by atoms with E-state index >= 15 is 0 Å². The highest BCUT2D eigenvalue weighted by Gasteiger charge is 2.27. The second-order valence-corrected chi connectivity index (χ2v) is 14.8. The van der Waals surface area contributed by atoms with Crippen LogP contribution in [0.3, 0.4) is 0 Å². The molecule has 0 saturated carbocycles. The summed E-state index contributed by atoms with van der Waals surface area (Å²) in [6, 6.07) is -0.998. The maximum atomic E-state index is 12.7. The third kappa shape index (κ3) is 33.6. The van der Waals surface area contributed by atoms with E-state index in [0.717, 1.165) is 51.4 Å². The first-order valence-electron chi connectivity index (χ1n) is 19.7. The Hall–Kier alpha value is -1.32. The van der Waals surface area contributed by atoms with E-state index in [1.807, 2.05) is 0 Å². The fourth-order valence-electron chi connectivity index (χ4n) is 5.49. The Morgan fingerprint density at radius 3 is 1.78 bits per heavy atom. The summed E-state index contributed by atoms with van der Waals surface area (Å²) < 4.78 is 21.9. The molecule has 6 N–H and O–H groups in total. The van der Waals surface area contributed by atoms with E-state index in [-0.39, 0.29) is 19.6 Å². The zero-order chi connectivity index (χ0) is 36.3. The number of allylic oxidation sites excluding steroid dienone is 5. The monoisotopic (exact) mass is 715 g/mol.